The molecule has 6 heteroatoms. The maximum absolute atomic E-state index is 11.5. The predicted octanol–water partition coefficient (Wildman–Crippen LogP) is 0.0117. The first-order chi connectivity index (χ1) is 6.06. The van der Waals surface area contributed by atoms with Crippen LogP contribution in [0, 0.1) is 0 Å². The molecule has 1 heterocycles. The van der Waals surface area contributed by atoms with Gasteiger partial charge in [0.15, 0.2) is 0 Å². The van der Waals surface area contributed by atoms with Crippen molar-refractivity contribution in [2.45, 2.75) is 18.9 Å². The van der Waals surface area contributed by atoms with Crippen LogP contribution < -0.4 is 0 Å². The van der Waals surface area contributed by atoms with E-state index in [1.54, 1.807) is 0 Å². The Bertz CT molecular complexity index is 246. The van der Waals surface area contributed by atoms with Gasteiger partial charge in [0.2, 0.25) is 10.0 Å². The Morgan fingerprint density at radius 2 is 1.92 bits per heavy atom. The standard InChI is InChI=1S/C7H14ClNO3S/c8-3-6-13(11,12)9-4-1-7(10)2-5-9/h7,10H,1-6H2. The van der Waals surface area contributed by atoms with Crippen LogP contribution in [0.1, 0.15) is 12.8 Å². The van der Waals surface area contributed by atoms with Crippen LogP contribution >= 0.6 is 11.6 Å². The van der Waals surface area contributed by atoms with Crippen LogP contribution in [-0.2, 0) is 10.0 Å². The zero-order valence-electron chi connectivity index (χ0n) is 7.32. The van der Waals surface area contributed by atoms with Gasteiger partial charge in [-0.3, -0.25) is 0 Å². The Labute approximate surface area is 83.5 Å². The number of hydrogen-bond donors (Lipinski definition) is 1. The molecule has 0 spiro atoms. The van der Waals surface area contributed by atoms with E-state index in [4.69, 9.17) is 11.6 Å². The first kappa shape index (κ1) is 11.2. The molecule has 0 amide bonds. The average Bonchev–Trinajstić information content (AvgIpc) is 2.05. The zero-order chi connectivity index (χ0) is 9.90. The summed E-state index contributed by atoms with van der Waals surface area (Å²) in [4.78, 5) is 0. The fraction of sp³-hybridized carbons (Fsp3) is 1.00. The van der Waals surface area contributed by atoms with E-state index in [1.807, 2.05) is 0 Å². The summed E-state index contributed by atoms with van der Waals surface area (Å²) in [6.07, 6.45) is 0.714. The van der Waals surface area contributed by atoms with Crippen LogP contribution in [0.2, 0.25) is 0 Å². The van der Waals surface area contributed by atoms with Crippen molar-refractivity contribution in [3.63, 3.8) is 0 Å². The SMILES string of the molecule is O=S(=O)(CCCl)N1CCC(O)CC1. The minimum atomic E-state index is -3.17. The lowest BCUT2D eigenvalue weighted by Crippen LogP contribution is -2.41. The molecule has 0 aromatic heterocycles. The third kappa shape index (κ3) is 3.09. The summed E-state index contributed by atoms with van der Waals surface area (Å²) in [6.45, 7) is 0.834. The molecule has 1 aliphatic rings. The van der Waals surface area contributed by atoms with Crippen LogP contribution in [0.25, 0.3) is 0 Å². The van der Waals surface area contributed by atoms with Gasteiger partial charge in [0, 0.05) is 19.0 Å². The van der Waals surface area contributed by atoms with E-state index in [1.165, 1.54) is 4.31 Å². The molecule has 13 heavy (non-hydrogen) atoms. The molecule has 1 rings (SSSR count). The topological polar surface area (TPSA) is 57.6 Å². The molecule has 0 atom stereocenters. The molecule has 0 saturated carbocycles. The van der Waals surface area contributed by atoms with Gasteiger partial charge in [0.25, 0.3) is 0 Å². The highest BCUT2D eigenvalue weighted by atomic mass is 35.5. The van der Waals surface area contributed by atoms with Crippen LogP contribution in [-0.4, -0.2) is 48.7 Å². The fourth-order valence-corrected chi connectivity index (χ4v) is 3.15. The van der Waals surface area contributed by atoms with Crippen LogP contribution in [0.5, 0.6) is 0 Å². The van der Waals surface area contributed by atoms with E-state index in [-0.39, 0.29) is 17.7 Å². The van der Waals surface area contributed by atoms with Crippen molar-refractivity contribution in [3.05, 3.63) is 0 Å². The van der Waals surface area contributed by atoms with Gasteiger partial charge in [0.05, 0.1) is 11.9 Å². The van der Waals surface area contributed by atoms with E-state index in [9.17, 15) is 13.5 Å². The van der Waals surface area contributed by atoms with Gasteiger partial charge in [0.1, 0.15) is 0 Å². The minimum absolute atomic E-state index is 0.00928. The van der Waals surface area contributed by atoms with E-state index >= 15 is 0 Å². The van der Waals surface area contributed by atoms with Gasteiger partial charge in [-0.25, -0.2) is 12.7 Å². The Morgan fingerprint density at radius 1 is 1.38 bits per heavy atom. The smallest absolute Gasteiger partial charge is 0.215 e. The number of aliphatic hydroxyl groups excluding tert-OH is 1. The van der Waals surface area contributed by atoms with Gasteiger partial charge in [-0.2, -0.15) is 0 Å². The molecular weight excluding hydrogens is 214 g/mol. The van der Waals surface area contributed by atoms with Crippen LogP contribution in [0.4, 0.5) is 0 Å². The number of hydrogen-bond acceptors (Lipinski definition) is 3. The maximum atomic E-state index is 11.5. The second-order valence-corrected chi connectivity index (χ2v) is 5.60. The number of sulfonamides is 1. The van der Waals surface area contributed by atoms with Crippen LogP contribution in [0.3, 0.4) is 0 Å². The molecule has 4 nitrogen and oxygen atoms in total. The summed E-state index contributed by atoms with van der Waals surface area (Å²) in [5, 5.41) is 9.18. The minimum Gasteiger partial charge on any atom is -0.393 e. The fourth-order valence-electron chi connectivity index (χ4n) is 1.35. The van der Waals surface area contributed by atoms with E-state index in [2.05, 4.69) is 0 Å². The van der Waals surface area contributed by atoms with Crippen molar-refractivity contribution in [2.75, 3.05) is 24.7 Å². The monoisotopic (exact) mass is 227 g/mol. The normalized spacial score (nSPS) is 22.0. The molecule has 1 saturated heterocycles. The summed E-state index contributed by atoms with van der Waals surface area (Å²) in [7, 11) is -3.17. The van der Waals surface area contributed by atoms with Gasteiger partial charge < -0.3 is 5.11 Å². The van der Waals surface area contributed by atoms with Gasteiger partial charge in [-0.05, 0) is 12.8 Å². The van der Waals surface area contributed by atoms with Gasteiger partial charge in [-0.1, -0.05) is 0 Å². The number of nitrogens with zero attached hydrogens (tertiary/aromatic N) is 1. The second-order valence-electron chi connectivity index (χ2n) is 3.14. The van der Waals surface area contributed by atoms with Crippen LogP contribution in [0.15, 0.2) is 0 Å². The van der Waals surface area contributed by atoms with Crippen molar-refractivity contribution >= 4 is 21.6 Å². The molecule has 0 radical (unpaired) electrons. The molecule has 0 aliphatic carbocycles. The van der Waals surface area contributed by atoms with Crippen molar-refractivity contribution in [2.24, 2.45) is 0 Å². The summed E-state index contributed by atoms with van der Waals surface area (Å²) < 4.78 is 24.3. The number of alkyl halides is 1. The Hall–Kier alpha value is 0.160. The van der Waals surface area contributed by atoms with Crippen molar-refractivity contribution < 1.29 is 13.5 Å². The Balaban J connectivity index is 2.53. The molecular formula is C7H14ClNO3S. The lowest BCUT2D eigenvalue weighted by Gasteiger charge is -2.28. The number of halogens is 1. The molecule has 0 aromatic rings. The predicted molar refractivity (Wildman–Crippen MR) is 51.3 cm³/mol. The van der Waals surface area contributed by atoms with E-state index in [0.717, 1.165) is 0 Å². The van der Waals surface area contributed by atoms with E-state index in [0.29, 0.717) is 25.9 Å². The first-order valence-corrected chi connectivity index (χ1v) is 6.42. The zero-order valence-corrected chi connectivity index (χ0v) is 8.89. The second kappa shape index (κ2) is 4.59. The lowest BCUT2D eigenvalue weighted by atomic mass is 10.1. The summed E-state index contributed by atoms with van der Waals surface area (Å²) in [6, 6.07) is 0. The molecule has 78 valence electrons. The summed E-state index contributed by atoms with van der Waals surface area (Å²) >= 11 is 5.38. The number of rotatable bonds is 3. The lowest BCUT2D eigenvalue weighted by molar-refractivity contribution is 0.113. The van der Waals surface area contributed by atoms with E-state index < -0.39 is 10.0 Å². The maximum Gasteiger partial charge on any atom is 0.215 e. The molecule has 0 aromatic carbocycles. The highest BCUT2D eigenvalue weighted by Crippen LogP contribution is 2.14. The third-order valence-electron chi connectivity index (χ3n) is 2.15. The van der Waals surface area contributed by atoms with Crippen molar-refractivity contribution in [3.8, 4) is 0 Å². The molecule has 1 N–H and O–H groups in total. The Kier molecular flexibility index (Phi) is 3.97. The average molecular weight is 228 g/mol. The first-order valence-electron chi connectivity index (χ1n) is 4.28. The largest absolute Gasteiger partial charge is 0.393 e. The van der Waals surface area contributed by atoms with Crippen molar-refractivity contribution in [1.82, 2.24) is 4.31 Å². The molecule has 1 fully saturated rings. The molecule has 1 aliphatic heterocycles. The molecule has 0 bridgehead atoms. The Morgan fingerprint density at radius 3 is 2.38 bits per heavy atom. The quantitative estimate of drug-likeness (QED) is 0.692. The summed E-state index contributed by atoms with van der Waals surface area (Å²) in [5.74, 6) is 0.117. The molecule has 0 unspecified atom stereocenters. The number of aliphatic hydroxyl groups is 1. The highest BCUT2D eigenvalue weighted by molar-refractivity contribution is 7.89. The number of piperidine rings is 1. The summed E-state index contributed by atoms with van der Waals surface area (Å²) in [5.41, 5.74) is 0. The van der Waals surface area contributed by atoms with Gasteiger partial charge in [-0.15, -0.1) is 11.6 Å². The van der Waals surface area contributed by atoms with Crippen molar-refractivity contribution in [1.29, 1.82) is 0 Å². The highest BCUT2D eigenvalue weighted by Gasteiger charge is 2.26. The van der Waals surface area contributed by atoms with Gasteiger partial charge >= 0.3 is 0 Å². The third-order valence-corrected chi connectivity index (χ3v) is 4.44.